The minimum atomic E-state index is -0.563. The van der Waals surface area contributed by atoms with Crippen LogP contribution in [0.5, 0.6) is 0 Å². The van der Waals surface area contributed by atoms with Gasteiger partial charge in [-0.2, -0.15) is 0 Å². The highest BCUT2D eigenvalue weighted by atomic mass is 79.9. The molecule has 8 heteroatoms. The van der Waals surface area contributed by atoms with Gasteiger partial charge in [-0.25, -0.2) is 9.78 Å². The number of methoxy groups -OCH3 is 1. The Kier molecular flexibility index (Phi) is 6.31. The van der Waals surface area contributed by atoms with Gasteiger partial charge in [-0.15, -0.1) is 0 Å². The van der Waals surface area contributed by atoms with Crippen LogP contribution >= 0.6 is 15.9 Å². The smallest absolute Gasteiger partial charge is 0.410 e. The zero-order valence-corrected chi connectivity index (χ0v) is 18.7. The lowest BCUT2D eigenvalue weighted by Gasteiger charge is -2.27. The molecule has 0 saturated carbocycles. The standard InChI is InChI=1S/C21H26BrN3O4/c1-21(2,3)29-20(27)25-11-5-6-16(25)19-23-15(12-17(26)28-4)18(24-19)13-7-9-14(22)10-8-13/h7-10,16H,5-6,11-12H2,1-4H3,(H,23,24). The molecule has 1 N–H and O–H groups in total. The highest BCUT2D eigenvalue weighted by molar-refractivity contribution is 9.10. The molecule has 1 aliphatic rings. The Labute approximate surface area is 178 Å². The first-order chi connectivity index (χ1) is 13.7. The lowest BCUT2D eigenvalue weighted by atomic mass is 10.1. The van der Waals surface area contributed by atoms with Crippen molar-refractivity contribution in [2.24, 2.45) is 0 Å². The maximum atomic E-state index is 12.7. The number of esters is 1. The van der Waals surface area contributed by atoms with E-state index < -0.39 is 5.60 Å². The third-order valence-electron chi connectivity index (χ3n) is 4.66. The molecule has 29 heavy (non-hydrogen) atoms. The summed E-state index contributed by atoms with van der Waals surface area (Å²) < 4.78 is 11.3. The van der Waals surface area contributed by atoms with Crippen molar-refractivity contribution in [3.05, 3.63) is 40.3 Å². The van der Waals surface area contributed by atoms with Gasteiger partial charge in [0.05, 0.1) is 31.0 Å². The number of imidazole rings is 1. The number of benzene rings is 1. The van der Waals surface area contributed by atoms with Gasteiger partial charge in [-0.05, 0) is 45.7 Å². The molecule has 0 radical (unpaired) electrons. The number of nitrogens with zero attached hydrogens (tertiary/aromatic N) is 2. The van der Waals surface area contributed by atoms with E-state index in [9.17, 15) is 9.59 Å². The molecule has 1 unspecified atom stereocenters. The molecule has 0 bridgehead atoms. The summed E-state index contributed by atoms with van der Waals surface area (Å²) in [4.78, 5) is 34.3. The second-order valence-electron chi connectivity index (χ2n) is 8.04. The summed E-state index contributed by atoms with van der Waals surface area (Å²) in [6.45, 7) is 6.16. The summed E-state index contributed by atoms with van der Waals surface area (Å²) in [6, 6.07) is 7.50. The predicted molar refractivity (Wildman–Crippen MR) is 112 cm³/mol. The number of carbonyl (C=O) groups excluding carboxylic acids is 2. The minimum absolute atomic E-state index is 0.0774. The van der Waals surface area contributed by atoms with E-state index >= 15 is 0 Å². The topological polar surface area (TPSA) is 84.5 Å². The number of H-pyrrole nitrogens is 1. The molecule has 2 heterocycles. The first-order valence-electron chi connectivity index (χ1n) is 9.59. The molecule has 7 nitrogen and oxygen atoms in total. The van der Waals surface area contributed by atoms with E-state index in [0.717, 1.165) is 22.9 Å². The lowest BCUT2D eigenvalue weighted by Crippen LogP contribution is -2.36. The van der Waals surface area contributed by atoms with Crippen LogP contribution in [0, 0.1) is 0 Å². The van der Waals surface area contributed by atoms with Crippen molar-refractivity contribution in [2.75, 3.05) is 13.7 Å². The van der Waals surface area contributed by atoms with Crippen molar-refractivity contribution < 1.29 is 19.1 Å². The summed E-state index contributed by atoms with van der Waals surface area (Å²) >= 11 is 3.43. The van der Waals surface area contributed by atoms with Crippen LogP contribution in [-0.4, -0.2) is 46.2 Å². The number of carbonyl (C=O) groups is 2. The molecular weight excluding hydrogens is 438 g/mol. The highest BCUT2D eigenvalue weighted by Gasteiger charge is 2.35. The van der Waals surface area contributed by atoms with E-state index in [-0.39, 0.29) is 24.5 Å². The lowest BCUT2D eigenvalue weighted by molar-refractivity contribution is -0.139. The Balaban J connectivity index is 1.94. The van der Waals surface area contributed by atoms with Gasteiger partial charge in [0, 0.05) is 16.6 Å². The van der Waals surface area contributed by atoms with Gasteiger partial charge in [0.2, 0.25) is 0 Å². The minimum Gasteiger partial charge on any atom is -0.469 e. The molecular formula is C21H26BrN3O4. The average Bonchev–Trinajstić information content (AvgIpc) is 3.28. The van der Waals surface area contributed by atoms with Gasteiger partial charge < -0.3 is 14.5 Å². The van der Waals surface area contributed by atoms with Gasteiger partial charge in [0.15, 0.2) is 0 Å². The van der Waals surface area contributed by atoms with Crippen LogP contribution in [0.1, 0.15) is 51.2 Å². The summed E-state index contributed by atoms with van der Waals surface area (Å²) in [5.74, 6) is 0.305. The molecule has 1 saturated heterocycles. The number of ether oxygens (including phenoxy) is 2. The van der Waals surface area contributed by atoms with Crippen molar-refractivity contribution in [1.82, 2.24) is 14.9 Å². The van der Waals surface area contributed by atoms with Crippen LogP contribution in [0.15, 0.2) is 28.7 Å². The van der Waals surface area contributed by atoms with Crippen molar-refractivity contribution in [1.29, 1.82) is 0 Å². The molecule has 0 aliphatic carbocycles. The van der Waals surface area contributed by atoms with Crippen molar-refractivity contribution in [2.45, 2.75) is 51.7 Å². The van der Waals surface area contributed by atoms with Gasteiger partial charge >= 0.3 is 12.1 Å². The van der Waals surface area contributed by atoms with Crippen LogP contribution in [0.25, 0.3) is 11.3 Å². The molecule has 1 aromatic heterocycles. The van der Waals surface area contributed by atoms with Gasteiger partial charge in [0.1, 0.15) is 11.4 Å². The second-order valence-corrected chi connectivity index (χ2v) is 8.96. The monoisotopic (exact) mass is 463 g/mol. The Morgan fingerprint density at radius 3 is 2.59 bits per heavy atom. The van der Waals surface area contributed by atoms with Crippen LogP contribution < -0.4 is 0 Å². The molecule has 1 atom stereocenters. The van der Waals surface area contributed by atoms with Gasteiger partial charge in [-0.3, -0.25) is 9.69 Å². The first kappa shape index (κ1) is 21.4. The number of aromatic amines is 1. The van der Waals surface area contributed by atoms with E-state index in [1.54, 1.807) is 4.90 Å². The van der Waals surface area contributed by atoms with Crippen LogP contribution in [-0.2, 0) is 20.7 Å². The number of nitrogens with one attached hydrogen (secondary N) is 1. The fourth-order valence-corrected chi connectivity index (χ4v) is 3.63. The Morgan fingerprint density at radius 2 is 1.97 bits per heavy atom. The normalized spacial score (nSPS) is 16.7. The van der Waals surface area contributed by atoms with E-state index in [1.807, 2.05) is 45.0 Å². The van der Waals surface area contributed by atoms with Crippen molar-refractivity contribution in [3.8, 4) is 11.3 Å². The van der Waals surface area contributed by atoms with Crippen LogP contribution in [0.2, 0.25) is 0 Å². The quantitative estimate of drug-likeness (QED) is 0.668. The van der Waals surface area contributed by atoms with E-state index in [1.165, 1.54) is 7.11 Å². The number of hydrogen-bond acceptors (Lipinski definition) is 5. The SMILES string of the molecule is COC(=O)Cc1[nH]c(C2CCCN2C(=O)OC(C)(C)C)nc1-c1ccc(Br)cc1. The Bertz CT molecular complexity index is 886. The zero-order chi connectivity index (χ0) is 21.2. The molecule has 3 rings (SSSR count). The van der Waals surface area contributed by atoms with Crippen molar-refractivity contribution >= 4 is 28.0 Å². The van der Waals surface area contributed by atoms with E-state index in [4.69, 9.17) is 14.5 Å². The van der Waals surface area contributed by atoms with Crippen LogP contribution in [0.4, 0.5) is 4.79 Å². The third kappa shape index (κ3) is 5.18. The molecule has 1 aromatic carbocycles. The molecule has 1 amide bonds. The summed E-state index contributed by atoms with van der Waals surface area (Å²) in [5, 5.41) is 0. The van der Waals surface area contributed by atoms with E-state index in [2.05, 4.69) is 20.9 Å². The number of aromatic nitrogens is 2. The molecule has 156 valence electrons. The summed E-state index contributed by atoms with van der Waals surface area (Å²) in [5.41, 5.74) is 1.68. The molecule has 0 spiro atoms. The number of amides is 1. The fourth-order valence-electron chi connectivity index (χ4n) is 3.37. The Morgan fingerprint density at radius 1 is 1.28 bits per heavy atom. The summed E-state index contributed by atoms with van der Waals surface area (Å²) in [7, 11) is 1.36. The van der Waals surface area contributed by atoms with Gasteiger partial charge in [-0.1, -0.05) is 28.1 Å². The average molecular weight is 464 g/mol. The third-order valence-corrected chi connectivity index (χ3v) is 5.19. The molecule has 1 fully saturated rings. The number of likely N-dealkylation sites (tertiary alicyclic amines) is 1. The van der Waals surface area contributed by atoms with Crippen LogP contribution in [0.3, 0.4) is 0 Å². The first-order valence-corrected chi connectivity index (χ1v) is 10.4. The van der Waals surface area contributed by atoms with Gasteiger partial charge in [0.25, 0.3) is 0 Å². The number of halogens is 1. The molecule has 2 aromatic rings. The second kappa shape index (κ2) is 8.57. The predicted octanol–water partition coefficient (Wildman–Crippen LogP) is 4.63. The highest BCUT2D eigenvalue weighted by Crippen LogP contribution is 2.34. The largest absolute Gasteiger partial charge is 0.469 e. The van der Waals surface area contributed by atoms with Crippen molar-refractivity contribution in [3.63, 3.8) is 0 Å². The summed E-state index contributed by atoms with van der Waals surface area (Å²) in [6.07, 6.45) is 1.37. The number of rotatable bonds is 4. The van der Waals surface area contributed by atoms with E-state index in [0.29, 0.717) is 23.8 Å². The Hall–Kier alpha value is -2.35. The number of hydrogen-bond donors (Lipinski definition) is 1. The molecule has 1 aliphatic heterocycles. The maximum Gasteiger partial charge on any atom is 0.410 e. The zero-order valence-electron chi connectivity index (χ0n) is 17.1. The maximum absolute atomic E-state index is 12.7. The fraction of sp³-hybridized carbons (Fsp3) is 0.476.